The van der Waals surface area contributed by atoms with Crippen molar-refractivity contribution in [2.75, 3.05) is 0 Å². The van der Waals surface area contributed by atoms with Gasteiger partial charge in [0.2, 0.25) is 0 Å². The van der Waals surface area contributed by atoms with Crippen LogP contribution in [0.3, 0.4) is 0 Å². The minimum atomic E-state index is -5.93. The van der Waals surface area contributed by atoms with Crippen LogP contribution in [-0.4, -0.2) is 97.2 Å². The molecule has 0 aliphatic heterocycles. The van der Waals surface area contributed by atoms with Crippen molar-refractivity contribution in [1.82, 2.24) is 0 Å². The summed E-state index contributed by atoms with van der Waals surface area (Å²) >= 11 is -21.1. The molecule has 0 saturated heterocycles. The molecule has 4 bridgehead atoms. The van der Waals surface area contributed by atoms with Gasteiger partial charge in [-0.15, -0.1) is 0 Å². The Balaban J connectivity index is 1.50. The summed E-state index contributed by atoms with van der Waals surface area (Å²) in [5.41, 5.74) is -7.04. The number of carbonyl (C=O) groups excluding carboxylic acids is 8. The molecule has 0 aromatic heterocycles. The third-order valence-corrected chi connectivity index (χ3v) is 26.9. The topological polar surface area (TPSA) is 210 Å². The molecular formula is C50H28F24I4O16. The van der Waals surface area contributed by atoms with Crippen LogP contribution < -0.4 is 0 Å². The van der Waals surface area contributed by atoms with Gasteiger partial charge >= 0.3 is 542 Å². The second-order valence-electron chi connectivity index (χ2n) is 20.0. The molecule has 0 unspecified atom stereocenters. The zero-order valence-corrected chi connectivity index (χ0v) is 53.2. The standard InChI is InChI=1S/C50H28F24I4O16/c51-43(52,53)31(79)87-75(88-32(80)44(54,55)56)27-9-1-23(2-10-27)39-17-40(24-3-11-28(12-4-24)76(89-33(81)45(57,58)59)90-34(82)46(60,61)62)20-41(18-39,25-5-13-29(14-6-25)77(91-35(83)47(63,64)65)92-36(84)48(66,67)68)22-42(19-39,21-40)26-7-15-30(16-8-26)78(93-37(85)49(69,70)71)94-38(86)50(72,73)74/h1-16H,17-22H2. The van der Waals surface area contributed by atoms with Gasteiger partial charge in [-0.05, 0) is 0 Å². The average Bonchev–Trinajstić information content (AvgIpc) is 0.667. The van der Waals surface area contributed by atoms with E-state index >= 15 is 0 Å². The van der Waals surface area contributed by atoms with Crippen molar-refractivity contribution in [3.63, 3.8) is 0 Å². The number of halogens is 28. The summed E-state index contributed by atoms with van der Waals surface area (Å²) in [6.45, 7) is 0. The molecule has 520 valence electrons. The Kier molecular flexibility index (Phi) is 21.1. The Hall–Kier alpha value is -6.12. The summed E-state index contributed by atoms with van der Waals surface area (Å²) in [5, 5.41) is 0. The molecule has 4 aromatic rings. The molecule has 8 rings (SSSR count). The molecule has 16 nitrogen and oxygen atoms in total. The van der Waals surface area contributed by atoms with E-state index in [2.05, 4.69) is 24.5 Å². The van der Waals surface area contributed by atoms with Crippen LogP contribution >= 0.6 is 82.6 Å². The summed E-state index contributed by atoms with van der Waals surface area (Å²) in [4.78, 5) is 96.0. The normalized spacial score (nSPS) is 21.4. The SMILES string of the molecule is O=C(OI(OC(=O)C(F)(F)F)c1ccc(C23CC4(c5ccc(I(OC(=O)C(F)(F)F)OC(=O)C(F)(F)F)cc5)CC(c5ccc(I(OC(=O)C(F)(F)F)OC(=O)C(F)(F)F)cc5)(C2)CC(c2ccc(I(OC(=O)C(F)(F)F)OC(=O)C(F)(F)F)cc2)(C3)C4)cc1)C(F)(F)F. The summed E-state index contributed by atoms with van der Waals surface area (Å²) < 4.78 is 354. The van der Waals surface area contributed by atoms with E-state index in [0.29, 0.717) is 0 Å². The Bertz CT molecular complexity index is 2960. The fourth-order valence-corrected chi connectivity index (χ4v) is 21.8. The van der Waals surface area contributed by atoms with Crippen molar-refractivity contribution in [2.24, 2.45) is 0 Å². The quantitative estimate of drug-likeness (QED) is 0.0754. The molecule has 94 heavy (non-hydrogen) atoms. The first-order chi connectivity index (χ1) is 42.7. The summed E-state index contributed by atoms with van der Waals surface area (Å²) in [6.07, 6.45) is -49.4. The molecule has 4 saturated carbocycles. The molecule has 0 spiro atoms. The van der Waals surface area contributed by atoms with Gasteiger partial charge in [-0.2, -0.15) is 0 Å². The van der Waals surface area contributed by atoms with Gasteiger partial charge in [-0.3, -0.25) is 0 Å². The number of alkyl halides is 24. The molecule has 0 atom stereocenters. The van der Waals surface area contributed by atoms with E-state index in [4.69, 9.17) is 0 Å². The Labute approximate surface area is 538 Å². The van der Waals surface area contributed by atoms with Crippen molar-refractivity contribution in [3.8, 4) is 0 Å². The molecule has 4 aromatic carbocycles. The third-order valence-electron chi connectivity index (χ3n) is 13.6. The number of benzene rings is 4. The number of hydrogen-bond donors (Lipinski definition) is 0. The molecular weight excluding hydrogens is 1820 g/mol. The average molecular weight is 1850 g/mol. The molecule has 0 amide bonds. The van der Waals surface area contributed by atoms with E-state index in [9.17, 15) is 144 Å². The zero-order chi connectivity index (χ0) is 70.8. The maximum absolute atomic E-state index is 13.5. The van der Waals surface area contributed by atoms with Gasteiger partial charge in [-0.25, -0.2) is 0 Å². The Morgan fingerprint density at radius 3 is 0.426 bits per heavy atom. The second kappa shape index (κ2) is 26.4. The maximum atomic E-state index is 13.5. The van der Waals surface area contributed by atoms with Gasteiger partial charge in [0.1, 0.15) is 0 Å². The van der Waals surface area contributed by atoms with Crippen molar-refractivity contribution in [3.05, 3.63) is 134 Å². The number of hydrogen-bond acceptors (Lipinski definition) is 16. The number of carbonyl (C=O) groups is 8. The first-order valence-electron chi connectivity index (χ1n) is 24.3. The molecule has 44 heteroatoms. The predicted molar refractivity (Wildman–Crippen MR) is 288 cm³/mol. The Morgan fingerprint density at radius 2 is 0.330 bits per heavy atom. The van der Waals surface area contributed by atoms with Crippen LogP contribution in [-0.2, 0) is 84.5 Å². The van der Waals surface area contributed by atoms with Crippen molar-refractivity contribution in [1.29, 1.82) is 0 Å². The van der Waals surface area contributed by atoms with Gasteiger partial charge in [0.05, 0.1) is 0 Å². The van der Waals surface area contributed by atoms with Gasteiger partial charge in [0.25, 0.3) is 0 Å². The van der Waals surface area contributed by atoms with Gasteiger partial charge < -0.3 is 0 Å². The minimum absolute atomic E-state index is 0.0527. The van der Waals surface area contributed by atoms with E-state index < -0.39 is 216 Å². The summed E-state index contributed by atoms with van der Waals surface area (Å²) in [7, 11) is 0. The van der Waals surface area contributed by atoms with Crippen LogP contribution in [0.5, 0.6) is 0 Å². The van der Waals surface area contributed by atoms with E-state index in [-0.39, 0.29) is 60.8 Å². The first-order valence-corrected chi connectivity index (χ1v) is 35.7. The third kappa shape index (κ3) is 17.2. The molecule has 4 aliphatic rings. The Morgan fingerprint density at radius 1 is 0.223 bits per heavy atom. The van der Waals surface area contributed by atoms with Crippen LogP contribution in [0, 0.1) is 14.3 Å². The second-order valence-corrected chi connectivity index (χ2v) is 33.4. The van der Waals surface area contributed by atoms with Crippen LogP contribution in [0.4, 0.5) is 105 Å². The molecule has 4 fully saturated rings. The first kappa shape index (κ1) is 75.3. The fraction of sp³-hybridized carbons (Fsp3) is 0.360. The van der Waals surface area contributed by atoms with Gasteiger partial charge in [0, 0.05) is 0 Å². The predicted octanol–water partition coefficient (Wildman–Crippen LogP) is 15.0. The van der Waals surface area contributed by atoms with Crippen LogP contribution in [0.25, 0.3) is 0 Å². The molecule has 0 radical (unpaired) electrons. The van der Waals surface area contributed by atoms with E-state index in [0.717, 1.165) is 97.1 Å². The number of rotatable bonds is 16. The monoisotopic (exact) mass is 1850 g/mol. The van der Waals surface area contributed by atoms with Crippen LogP contribution in [0.15, 0.2) is 97.1 Å². The van der Waals surface area contributed by atoms with E-state index in [1.165, 1.54) is 0 Å². The summed E-state index contributed by atoms with van der Waals surface area (Å²) in [5.74, 6) is -25.1. The van der Waals surface area contributed by atoms with E-state index in [1.54, 1.807) is 0 Å². The van der Waals surface area contributed by atoms with Crippen LogP contribution in [0.1, 0.15) is 60.8 Å². The van der Waals surface area contributed by atoms with Gasteiger partial charge in [0.15, 0.2) is 0 Å². The van der Waals surface area contributed by atoms with Crippen molar-refractivity contribution < 1.29 is 168 Å². The van der Waals surface area contributed by atoms with Crippen LogP contribution in [0.2, 0.25) is 0 Å². The molecule has 0 heterocycles. The zero-order valence-electron chi connectivity index (χ0n) is 44.6. The van der Waals surface area contributed by atoms with Gasteiger partial charge in [-0.1, -0.05) is 0 Å². The van der Waals surface area contributed by atoms with Crippen molar-refractivity contribution in [2.45, 2.75) is 110 Å². The van der Waals surface area contributed by atoms with Crippen molar-refractivity contribution >= 4 is 130 Å². The molecule has 4 aliphatic carbocycles. The summed E-state index contributed by atoms with van der Waals surface area (Å²) in [6, 6.07) is 13.8. The molecule has 0 N–H and O–H groups in total. The van der Waals surface area contributed by atoms with E-state index in [1.807, 2.05) is 0 Å². The fourth-order valence-electron chi connectivity index (χ4n) is 10.8.